The number of amides is 1. The predicted octanol–water partition coefficient (Wildman–Crippen LogP) is 4.68. The molecule has 0 aromatic heterocycles. The first-order chi connectivity index (χ1) is 10.6. The molecule has 1 amide bonds. The molecule has 0 heterocycles. The van der Waals surface area contributed by atoms with Crippen molar-refractivity contribution in [1.29, 1.82) is 0 Å². The van der Waals surface area contributed by atoms with E-state index in [1.54, 1.807) is 24.3 Å². The van der Waals surface area contributed by atoms with Crippen molar-refractivity contribution in [1.82, 2.24) is 5.32 Å². The molecule has 0 aliphatic heterocycles. The second-order valence-electron chi connectivity index (χ2n) is 4.60. The number of benzene rings is 2. The minimum atomic E-state index is -0.348. The summed E-state index contributed by atoms with van der Waals surface area (Å²) in [5.41, 5.74) is 1.36. The SMILES string of the molecule is O=C(CSCc1c(F)cccc1Cl)NCc1cccc(Cl)c1. The molecule has 2 aromatic rings. The second-order valence-corrected chi connectivity index (χ2v) is 6.43. The van der Waals surface area contributed by atoms with Crippen LogP contribution < -0.4 is 5.32 Å². The Morgan fingerprint density at radius 1 is 1.18 bits per heavy atom. The summed E-state index contributed by atoms with van der Waals surface area (Å²) in [5, 5.41) is 3.81. The highest BCUT2D eigenvalue weighted by Gasteiger charge is 2.08. The van der Waals surface area contributed by atoms with E-state index in [1.807, 2.05) is 12.1 Å². The molecule has 0 bridgehead atoms. The van der Waals surface area contributed by atoms with Crippen LogP contribution in [0.15, 0.2) is 42.5 Å². The predicted molar refractivity (Wildman–Crippen MR) is 90.9 cm³/mol. The summed E-state index contributed by atoms with van der Waals surface area (Å²) in [6.07, 6.45) is 0. The lowest BCUT2D eigenvalue weighted by Crippen LogP contribution is -2.24. The molecule has 0 saturated carbocycles. The van der Waals surface area contributed by atoms with Crippen LogP contribution in [0.5, 0.6) is 0 Å². The molecule has 0 unspecified atom stereocenters. The van der Waals surface area contributed by atoms with E-state index in [1.165, 1.54) is 17.8 Å². The van der Waals surface area contributed by atoms with Gasteiger partial charge in [-0.1, -0.05) is 41.4 Å². The van der Waals surface area contributed by atoms with Gasteiger partial charge in [-0.2, -0.15) is 0 Å². The third-order valence-corrected chi connectivity index (χ3v) is 4.47. The Balaban J connectivity index is 1.76. The van der Waals surface area contributed by atoms with E-state index in [0.29, 0.717) is 27.9 Å². The summed E-state index contributed by atoms with van der Waals surface area (Å²) in [4.78, 5) is 11.8. The Hall–Kier alpha value is -1.23. The van der Waals surface area contributed by atoms with Crippen molar-refractivity contribution in [3.63, 3.8) is 0 Å². The van der Waals surface area contributed by atoms with E-state index in [0.717, 1.165) is 5.56 Å². The standard InChI is InChI=1S/C16H14Cl2FNOS/c17-12-4-1-3-11(7-12)8-20-16(21)10-22-9-13-14(18)5-2-6-15(13)19/h1-7H,8-10H2,(H,20,21). The summed E-state index contributed by atoms with van der Waals surface area (Å²) in [7, 11) is 0. The first kappa shape index (κ1) is 17.1. The van der Waals surface area contributed by atoms with E-state index in [-0.39, 0.29) is 17.5 Å². The number of hydrogen-bond acceptors (Lipinski definition) is 2. The largest absolute Gasteiger partial charge is 0.351 e. The molecule has 0 atom stereocenters. The number of rotatable bonds is 6. The zero-order valence-electron chi connectivity index (χ0n) is 11.6. The maximum absolute atomic E-state index is 13.6. The minimum absolute atomic E-state index is 0.113. The lowest BCUT2D eigenvalue weighted by atomic mass is 10.2. The molecule has 0 spiro atoms. The van der Waals surface area contributed by atoms with Gasteiger partial charge in [0.25, 0.3) is 0 Å². The van der Waals surface area contributed by atoms with Crippen LogP contribution in [0.1, 0.15) is 11.1 Å². The van der Waals surface area contributed by atoms with E-state index >= 15 is 0 Å². The van der Waals surface area contributed by atoms with Crippen molar-refractivity contribution >= 4 is 40.9 Å². The maximum atomic E-state index is 13.6. The molecule has 0 fully saturated rings. The summed E-state index contributed by atoms with van der Waals surface area (Å²) < 4.78 is 13.6. The van der Waals surface area contributed by atoms with Gasteiger partial charge in [0, 0.05) is 27.9 Å². The Morgan fingerprint density at radius 3 is 2.68 bits per heavy atom. The van der Waals surface area contributed by atoms with Gasteiger partial charge in [0.2, 0.25) is 5.91 Å². The van der Waals surface area contributed by atoms with E-state index in [9.17, 15) is 9.18 Å². The molecule has 0 aliphatic rings. The Bertz CT molecular complexity index is 646. The van der Waals surface area contributed by atoms with Gasteiger partial charge in [-0.3, -0.25) is 4.79 Å². The smallest absolute Gasteiger partial charge is 0.230 e. The van der Waals surface area contributed by atoms with Crippen molar-refractivity contribution in [3.05, 3.63) is 69.5 Å². The molecule has 2 rings (SSSR count). The molecule has 0 radical (unpaired) electrons. The molecule has 6 heteroatoms. The zero-order valence-corrected chi connectivity index (χ0v) is 13.9. The number of halogens is 3. The number of carbonyl (C=O) groups excluding carboxylic acids is 1. The van der Waals surface area contributed by atoms with Crippen LogP contribution in [0, 0.1) is 5.82 Å². The fourth-order valence-corrected chi connectivity index (χ4v) is 3.22. The number of thioether (sulfide) groups is 1. The summed E-state index contributed by atoms with van der Waals surface area (Å²) in [5.74, 6) is 0.137. The molecule has 116 valence electrons. The van der Waals surface area contributed by atoms with Gasteiger partial charge in [-0.05, 0) is 29.8 Å². The Kier molecular flexibility index (Phi) is 6.55. The quantitative estimate of drug-likeness (QED) is 0.812. The lowest BCUT2D eigenvalue weighted by molar-refractivity contribution is -0.118. The monoisotopic (exact) mass is 357 g/mol. The van der Waals surface area contributed by atoms with Crippen molar-refractivity contribution in [2.45, 2.75) is 12.3 Å². The highest BCUT2D eigenvalue weighted by Crippen LogP contribution is 2.23. The molecule has 22 heavy (non-hydrogen) atoms. The van der Waals surface area contributed by atoms with Gasteiger partial charge in [0.1, 0.15) is 5.82 Å². The van der Waals surface area contributed by atoms with Crippen molar-refractivity contribution in [3.8, 4) is 0 Å². The second kappa shape index (κ2) is 8.42. The average Bonchev–Trinajstić information content (AvgIpc) is 2.48. The van der Waals surface area contributed by atoms with Crippen LogP contribution >= 0.6 is 35.0 Å². The first-order valence-electron chi connectivity index (χ1n) is 6.58. The third-order valence-electron chi connectivity index (χ3n) is 2.92. The highest BCUT2D eigenvalue weighted by atomic mass is 35.5. The summed E-state index contributed by atoms with van der Waals surface area (Å²) >= 11 is 13.1. The van der Waals surface area contributed by atoms with Crippen LogP contribution in [0.4, 0.5) is 4.39 Å². The van der Waals surface area contributed by atoms with E-state index in [4.69, 9.17) is 23.2 Å². The lowest BCUT2D eigenvalue weighted by Gasteiger charge is -2.07. The van der Waals surface area contributed by atoms with Gasteiger partial charge in [0.15, 0.2) is 0 Å². The third kappa shape index (κ3) is 5.20. The average molecular weight is 358 g/mol. The molecule has 2 nitrogen and oxygen atoms in total. The fraction of sp³-hybridized carbons (Fsp3) is 0.188. The van der Waals surface area contributed by atoms with Crippen LogP contribution in [-0.4, -0.2) is 11.7 Å². The van der Waals surface area contributed by atoms with Gasteiger partial charge in [0.05, 0.1) is 5.75 Å². The summed E-state index contributed by atoms with van der Waals surface area (Å²) in [6.45, 7) is 0.417. The molecular weight excluding hydrogens is 344 g/mol. The van der Waals surface area contributed by atoms with Crippen molar-refractivity contribution in [2.75, 3.05) is 5.75 Å². The van der Waals surface area contributed by atoms with Gasteiger partial charge in [-0.15, -0.1) is 11.8 Å². The molecule has 1 N–H and O–H groups in total. The van der Waals surface area contributed by atoms with Gasteiger partial charge >= 0.3 is 0 Å². The zero-order chi connectivity index (χ0) is 15.9. The normalized spacial score (nSPS) is 10.5. The van der Waals surface area contributed by atoms with E-state index in [2.05, 4.69) is 5.32 Å². The van der Waals surface area contributed by atoms with Gasteiger partial charge < -0.3 is 5.32 Å². The molecular formula is C16H14Cl2FNOS. The molecule has 2 aromatic carbocycles. The first-order valence-corrected chi connectivity index (χ1v) is 8.49. The van der Waals surface area contributed by atoms with Crippen LogP contribution in [0.2, 0.25) is 10.0 Å². The molecule has 0 saturated heterocycles. The van der Waals surface area contributed by atoms with Crippen LogP contribution in [0.25, 0.3) is 0 Å². The minimum Gasteiger partial charge on any atom is -0.351 e. The van der Waals surface area contributed by atoms with Crippen molar-refractivity contribution in [2.24, 2.45) is 0 Å². The number of carbonyl (C=O) groups is 1. The topological polar surface area (TPSA) is 29.1 Å². The Morgan fingerprint density at radius 2 is 1.95 bits per heavy atom. The number of hydrogen-bond donors (Lipinski definition) is 1. The van der Waals surface area contributed by atoms with Gasteiger partial charge in [-0.25, -0.2) is 4.39 Å². The van der Waals surface area contributed by atoms with Crippen LogP contribution in [0.3, 0.4) is 0 Å². The van der Waals surface area contributed by atoms with Crippen molar-refractivity contribution < 1.29 is 9.18 Å². The Labute approximate surface area is 143 Å². The van der Waals surface area contributed by atoms with Crippen LogP contribution in [-0.2, 0) is 17.1 Å². The fourth-order valence-electron chi connectivity index (χ4n) is 1.81. The number of nitrogens with one attached hydrogen (secondary N) is 1. The molecule has 0 aliphatic carbocycles. The highest BCUT2D eigenvalue weighted by molar-refractivity contribution is 7.99. The maximum Gasteiger partial charge on any atom is 0.230 e. The van der Waals surface area contributed by atoms with E-state index < -0.39 is 0 Å². The summed E-state index contributed by atoms with van der Waals surface area (Å²) in [6, 6.07) is 11.9.